The maximum absolute atomic E-state index is 13.5. The van der Waals surface area contributed by atoms with Gasteiger partial charge in [-0.3, -0.25) is 0 Å². The van der Waals surface area contributed by atoms with E-state index in [1.165, 1.54) is 35.2 Å². The van der Waals surface area contributed by atoms with Crippen molar-refractivity contribution in [1.29, 1.82) is 0 Å². The van der Waals surface area contributed by atoms with Crippen LogP contribution in [0.3, 0.4) is 0 Å². The van der Waals surface area contributed by atoms with Crippen molar-refractivity contribution >= 4 is 10.9 Å². The highest BCUT2D eigenvalue weighted by Gasteiger charge is 2.30. The summed E-state index contributed by atoms with van der Waals surface area (Å²) in [6.07, 6.45) is 3.76. The van der Waals surface area contributed by atoms with Crippen LogP contribution in [0.4, 0.5) is 8.78 Å². The van der Waals surface area contributed by atoms with Crippen LogP contribution in [0.15, 0.2) is 79.0 Å². The zero-order chi connectivity index (χ0) is 21.9. The monoisotopic (exact) mass is 432 g/mol. The van der Waals surface area contributed by atoms with Crippen LogP contribution in [0.1, 0.15) is 35.4 Å². The molecule has 32 heavy (non-hydrogen) atoms. The van der Waals surface area contributed by atoms with Gasteiger partial charge in [-0.2, -0.15) is 0 Å². The summed E-state index contributed by atoms with van der Waals surface area (Å²) in [5, 5.41) is 4.83. The maximum atomic E-state index is 13.5. The van der Waals surface area contributed by atoms with Gasteiger partial charge in [0, 0.05) is 30.2 Å². The molecular weight excluding hydrogens is 406 g/mol. The van der Waals surface area contributed by atoms with Crippen molar-refractivity contribution in [2.75, 3.05) is 6.61 Å². The molecule has 0 spiro atoms. The lowest BCUT2D eigenvalue weighted by atomic mass is 9.83. The van der Waals surface area contributed by atoms with Crippen LogP contribution in [-0.2, 0) is 11.3 Å². The fourth-order valence-electron chi connectivity index (χ4n) is 4.63. The largest absolute Gasteiger partial charge is 0.376 e. The quantitative estimate of drug-likeness (QED) is 0.397. The van der Waals surface area contributed by atoms with Crippen LogP contribution in [0, 0.1) is 11.6 Å². The molecule has 0 bridgehead atoms. The van der Waals surface area contributed by atoms with E-state index in [9.17, 15) is 8.78 Å². The van der Waals surface area contributed by atoms with Gasteiger partial charge in [-0.05, 0) is 77.4 Å². The van der Waals surface area contributed by atoms with Crippen molar-refractivity contribution in [3.05, 3.63) is 107 Å². The number of nitrogens with one attached hydrogen (secondary N) is 2. The highest BCUT2D eigenvalue weighted by Crippen LogP contribution is 2.34. The standard InChI is InChI=1S/C27H26F2N2O/c28-22-6-2-19(3-7-22)27(20-4-8-23(29)9-5-20)26-12-10-24(17-32-26)31-16-18-1-11-25-21(15-18)13-14-30-25/h1-9,11,13-15,24,26-27,30-31H,10,12,16-17H2/t24-,26-/m0/s1. The van der Waals surface area contributed by atoms with E-state index < -0.39 is 0 Å². The fourth-order valence-corrected chi connectivity index (χ4v) is 4.63. The summed E-state index contributed by atoms with van der Waals surface area (Å²) in [4.78, 5) is 3.22. The van der Waals surface area contributed by atoms with Gasteiger partial charge in [0.25, 0.3) is 0 Å². The molecule has 2 atom stereocenters. The first-order valence-electron chi connectivity index (χ1n) is 11.1. The topological polar surface area (TPSA) is 37.0 Å². The van der Waals surface area contributed by atoms with Crippen molar-refractivity contribution in [2.45, 2.75) is 37.5 Å². The Kier molecular flexibility index (Phi) is 6.02. The first-order chi connectivity index (χ1) is 15.7. The highest BCUT2D eigenvalue weighted by molar-refractivity contribution is 5.79. The Labute approximate surface area is 186 Å². The minimum Gasteiger partial charge on any atom is -0.376 e. The number of aromatic nitrogens is 1. The highest BCUT2D eigenvalue weighted by atomic mass is 19.1. The van der Waals surface area contributed by atoms with E-state index in [-0.39, 0.29) is 29.7 Å². The Balaban J connectivity index is 1.25. The smallest absolute Gasteiger partial charge is 0.123 e. The molecule has 3 nitrogen and oxygen atoms in total. The van der Waals surface area contributed by atoms with Crippen LogP contribution in [0.2, 0.25) is 0 Å². The van der Waals surface area contributed by atoms with Gasteiger partial charge in [0.2, 0.25) is 0 Å². The van der Waals surface area contributed by atoms with Crippen LogP contribution in [-0.4, -0.2) is 23.7 Å². The third-order valence-electron chi connectivity index (χ3n) is 6.35. The Morgan fingerprint density at radius 1 is 0.875 bits per heavy atom. The summed E-state index contributed by atoms with van der Waals surface area (Å²) < 4.78 is 33.3. The molecule has 1 aromatic heterocycles. The molecule has 0 unspecified atom stereocenters. The number of H-pyrrole nitrogens is 1. The van der Waals surface area contributed by atoms with Gasteiger partial charge < -0.3 is 15.0 Å². The van der Waals surface area contributed by atoms with Crippen molar-refractivity contribution in [3.8, 4) is 0 Å². The Hall–Kier alpha value is -3.02. The number of rotatable bonds is 6. The van der Waals surface area contributed by atoms with Crippen molar-refractivity contribution < 1.29 is 13.5 Å². The molecule has 0 radical (unpaired) electrons. The molecule has 0 saturated carbocycles. The minimum atomic E-state index is -0.266. The molecule has 2 heterocycles. The number of ether oxygens (including phenoxy) is 1. The van der Waals surface area contributed by atoms with Crippen molar-refractivity contribution in [2.24, 2.45) is 0 Å². The molecule has 5 heteroatoms. The number of aromatic amines is 1. The van der Waals surface area contributed by atoms with Crippen LogP contribution < -0.4 is 5.32 Å². The third kappa shape index (κ3) is 4.59. The van der Waals surface area contributed by atoms with E-state index in [1.54, 1.807) is 24.3 Å². The Bertz CT molecular complexity index is 1120. The SMILES string of the molecule is Fc1ccc(C(c2ccc(F)cc2)[C@@H]2CC[C@H](NCc3ccc4[nH]ccc4c3)CO2)cc1. The lowest BCUT2D eigenvalue weighted by molar-refractivity contribution is -0.0116. The van der Waals surface area contributed by atoms with Gasteiger partial charge >= 0.3 is 0 Å². The van der Waals surface area contributed by atoms with E-state index in [4.69, 9.17) is 4.74 Å². The molecule has 2 N–H and O–H groups in total. The van der Waals surface area contributed by atoms with E-state index >= 15 is 0 Å². The number of hydrogen-bond donors (Lipinski definition) is 2. The zero-order valence-electron chi connectivity index (χ0n) is 17.7. The van der Waals surface area contributed by atoms with Crippen molar-refractivity contribution in [1.82, 2.24) is 10.3 Å². The van der Waals surface area contributed by atoms with Gasteiger partial charge in [0.15, 0.2) is 0 Å². The van der Waals surface area contributed by atoms with Crippen molar-refractivity contribution in [3.63, 3.8) is 0 Å². The number of fused-ring (bicyclic) bond motifs is 1. The summed E-state index contributed by atoms with van der Waals surface area (Å²) in [5.41, 5.74) is 4.35. The second kappa shape index (κ2) is 9.23. The summed E-state index contributed by atoms with van der Waals surface area (Å²) >= 11 is 0. The number of benzene rings is 3. The van der Waals surface area contributed by atoms with Gasteiger partial charge in [-0.15, -0.1) is 0 Å². The van der Waals surface area contributed by atoms with E-state index in [0.29, 0.717) is 6.61 Å². The average Bonchev–Trinajstić information content (AvgIpc) is 3.29. The third-order valence-corrected chi connectivity index (χ3v) is 6.35. The van der Waals surface area contributed by atoms with Crippen LogP contribution in [0.5, 0.6) is 0 Å². The van der Waals surface area contributed by atoms with E-state index in [2.05, 4.69) is 34.6 Å². The minimum absolute atomic E-state index is 0.0415. The fraction of sp³-hybridized carbons (Fsp3) is 0.259. The first-order valence-corrected chi connectivity index (χ1v) is 11.1. The number of hydrogen-bond acceptors (Lipinski definition) is 2. The molecular formula is C27H26F2N2O. The van der Waals surface area contributed by atoms with Crippen LogP contribution >= 0.6 is 0 Å². The van der Waals surface area contributed by atoms with E-state index in [1.807, 2.05) is 6.20 Å². The molecule has 0 amide bonds. The maximum Gasteiger partial charge on any atom is 0.123 e. The molecule has 3 aromatic carbocycles. The van der Waals surface area contributed by atoms with Gasteiger partial charge in [0.1, 0.15) is 11.6 Å². The van der Waals surface area contributed by atoms with E-state index in [0.717, 1.165) is 36.0 Å². The lowest BCUT2D eigenvalue weighted by Gasteiger charge is -2.35. The number of halogens is 2. The second-order valence-electron chi connectivity index (χ2n) is 8.51. The zero-order valence-corrected chi connectivity index (χ0v) is 17.7. The molecule has 1 aliphatic heterocycles. The lowest BCUT2D eigenvalue weighted by Crippen LogP contribution is -2.41. The molecule has 164 valence electrons. The second-order valence-corrected chi connectivity index (χ2v) is 8.51. The predicted octanol–water partition coefficient (Wildman–Crippen LogP) is 5.92. The summed E-state index contributed by atoms with van der Waals surface area (Å²) in [6.45, 7) is 1.40. The van der Waals surface area contributed by atoms with Gasteiger partial charge in [0.05, 0.1) is 12.7 Å². The molecule has 1 aliphatic rings. The average molecular weight is 433 g/mol. The van der Waals surface area contributed by atoms with Crippen LogP contribution in [0.25, 0.3) is 10.9 Å². The normalized spacial score (nSPS) is 19.0. The summed E-state index contributed by atoms with van der Waals surface area (Å²) in [6, 6.07) is 21.9. The first kappa shape index (κ1) is 20.9. The summed E-state index contributed by atoms with van der Waals surface area (Å²) in [5.74, 6) is -0.593. The summed E-state index contributed by atoms with van der Waals surface area (Å²) in [7, 11) is 0. The van der Waals surface area contributed by atoms with Gasteiger partial charge in [-0.25, -0.2) is 8.78 Å². The molecule has 5 rings (SSSR count). The molecule has 0 aliphatic carbocycles. The Morgan fingerprint density at radius 2 is 1.56 bits per heavy atom. The van der Waals surface area contributed by atoms with Gasteiger partial charge in [-0.1, -0.05) is 30.3 Å². The predicted molar refractivity (Wildman–Crippen MR) is 123 cm³/mol. The molecule has 1 fully saturated rings. The molecule has 1 saturated heterocycles. The molecule has 4 aromatic rings. The Morgan fingerprint density at radius 3 is 2.19 bits per heavy atom.